The van der Waals surface area contributed by atoms with Crippen LogP contribution < -0.4 is 0 Å². The van der Waals surface area contributed by atoms with Gasteiger partial charge in [-0.15, -0.1) is 0 Å². The monoisotopic (exact) mass is 472 g/mol. The number of hydrogen-bond acceptors (Lipinski definition) is 4. The molecule has 5 fully saturated rings. The third-order valence-electron chi connectivity index (χ3n) is 12.7. The molecule has 0 aliphatic heterocycles. The highest BCUT2D eigenvalue weighted by atomic mass is 16.5. The van der Waals surface area contributed by atoms with Gasteiger partial charge in [-0.1, -0.05) is 39.8 Å². The molecular weight excluding hydrogens is 424 g/mol. The van der Waals surface area contributed by atoms with E-state index in [2.05, 4.69) is 41.2 Å². The zero-order valence-electron chi connectivity index (χ0n) is 22.4. The van der Waals surface area contributed by atoms with E-state index in [0.717, 1.165) is 32.1 Å². The van der Waals surface area contributed by atoms with Crippen molar-refractivity contribution in [1.82, 2.24) is 0 Å². The lowest BCUT2D eigenvalue weighted by Gasteiger charge is -2.69. The Labute approximate surface area is 206 Å². The molecular formula is C30H48O4. The van der Waals surface area contributed by atoms with Crippen LogP contribution in [0.2, 0.25) is 0 Å². The summed E-state index contributed by atoms with van der Waals surface area (Å²) in [4.78, 5) is 13.2. The van der Waals surface area contributed by atoms with Gasteiger partial charge in [-0.05, 0) is 116 Å². The van der Waals surface area contributed by atoms with Gasteiger partial charge in [0.1, 0.15) is 0 Å². The zero-order chi connectivity index (χ0) is 24.8. The van der Waals surface area contributed by atoms with Gasteiger partial charge in [0, 0.05) is 0 Å². The molecule has 4 nitrogen and oxygen atoms in total. The Bertz CT molecular complexity index is 864. The normalized spacial score (nSPS) is 53.6. The average Bonchev–Trinajstić information content (AvgIpc) is 3.18. The largest absolute Gasteiger partial charge is 0.469 e. The smallest absolute Gasteiger partial charge is 0.312 e. The number of carbonyl (C=O) groups excluding carboxylic acids is 1. The van der Waals surface area contributed by atoms with Crippen molar-refractivity contribution < 1.29 is 19.7 Å². The Balaban J connectivity index is 1.52. The molecule has 0 amide bonds. The first kappa shape index (κ1) is 24.8. The number of methoxy groups -OCH3 is 1. The molecule has 0 spiro atoms. The molecule has 5 aliphatic carbocycles. The molecule has 5 rings (SSSR count). The van der Waals surface area contributed by atoms with Gasteiger partial charge in [0.05, 0.1) is 24.7 Å². The summed E-state index contributed by atoms with van der Waals surface area (Å²) in [5, 5.41) is 21.8. The van der Waals surface area contributed by atoms with Gasteiger partial charge in [0.2, 0.25) is 0 Å². The van der Waals surface area contributed by atoms with Crippen molar-refractivity contribution in [2.75, 3.05) is 7.11 Å². The molecule has 5 saturated carbocycles. The Morgan fingerprint density at radius 1 is 0.912 bits per heavy atom. The second kappa shape index (κ2) is 7.81. The number of hydrogen-bond donors (Lipinski definition) is 2. The third-order valence-corrected chi connectivity index (χ3v) is 12.7. The van der Waals surface area contributed by atoms with E-state index in [0.29, 0.717) is 41.9 Å². The molecule has 2 N–H and O–H groups in total. The van der Waals surface area contributed by atoms with Crippen LogP contribution in [0.1, 0.15) is 92.4 Å². The van der Waals surface area contributed by atoms with Gasteiger partial charge in [-0.25, -0.2) is 0 Å². The minimum atomic E-state index is -0.642. The molecule has 0 radical (unpaired) electrons. The predicted octanol–water partition coefficient (Wildman–Crippen LogP) is 5.76. The number of aliphatic hydroxyl groups is 2. The predicted molar refractivity (Wildman–Crippen MR) is 134 cm³/mol. The topological polar surface area (TPSA) is 66.8 Å². The second-order valence-electron chi connectivity index (χ2n) is 14.2. The van der Waals surface area contributed by atoms with Crippen LogP contribution in [-0.2, 0) is 9.53 Å². The summed E-state index contributed by atoms with van der Waals surface area (Å²) in [6.07, 6.45) is 8.16. The SMILES string of the molecule is C=C(C)C1CC[C@]2(C(=O)OC)CCC3C(CCC4[C@@]3(C)CCC3C(C)(C)[C@H](O)[C@H](O)C[C@@]34C)C12. The van der Waals surface area contributed by atoms with Crippen LogP contribution in [0, 0.1) is 57.2 Å². The molecule has 0 aromatic rings. The standard InChI is InChI=1S/C30H48O4/c1-17(2)18-10-14-30(26(33)34-7)15-11-20-19(24(18)30)8-9-23-28(20,5)13-12-22-27(3,4)25(32)21(31)16-29(22,23)6/h18-25,31-32H,1,8-16H2,2-7H3/t18?,19?,20?,21-,22?,23?,24?,25-,28+,29+,30+/m1/s1. The summed E-state index contributed by atoms with van der Waals surface area (Å²) in [6.45, 7) is 15.9. The summed E-state index contributed by atoms with van der Waals surface area (Å²) in [5.74, 6) is 2.94. The van der Waals surface area contributed by atoms with Crippen molar-refractivity contribution in [3.8, 4) is 0 Å². The molecule has 0 saturated heterocycles. The summed E-state index contributed by atoms with van der Waals surface area (Å²) in [6, 6.07) is 0. The van der Waals surface area contributed by atoms with Crippen LogP contribution in [0.25, 0.3) is 0 Å². The quantitative estimate of drug-likeness (QED) is 0.396. The first-order chi connectivity index (χ1) is 15.8. The van der Waals surface area contributed by atoms with Crippen molar-refractivity contribution in [2.24, 2.45) is 57.2 Å². The Kier molecular flexibility index (Phi) is 5.70. The van der Waals surface area contributed by atoms with E-state index in [4.69, 9.17) is 4.74 Å². The highest BCUT2D eigenvalue weighted by Gasteiger charge is 2.69. The number of allylic oxidation sites excluding steroid dienone is 1. The van der Waals surface area contributed by atoms with E-state index in [1.807, 2.05) is 0 Å². The second-order valence-corrected chi connectivity index (χ2v) is 14.2. The molecule has 6 unspecified atom stereocenters. The maximum Gasteiger partial charge on any atom is 0.312 e. The fraction of sp³-hybridized carbons (Fsp3) is 0.900. The fourth-order valence-electron chi connectivity index (χ4n) is 11.5. The van der Waals surface area contributed by atoms with Crippen molar-refractivity contribution in [3.05, 3.63) is 12.2 Å². The third kappa shape index (κ3) is 3.00. The minimum absolute atomic E-state index is 0.0220. The van der Waals surface area contributed by atoms with Crippen LogP contribution in [-0.4, -0.2) is 35.5 Å². The van der Waals surface area contributed by atoms with Crippen LogP contribution in [0.15, 0.2) is 12.2 Å². The first-order valence-electron chi connectivity index (χ1n) is 13.9. The zero-order valence-corrected chi connectivity index (χ0v) is 22.4. The van der Waals surface area contributed by atoms with Gasteiger partial charge in [0.15, 0.2) is 0 Å². The average molecular weight is 473 g/mol. The number of carbonyl (C=O) groups is 1. The maximum atomic E-state index is 13.2. The van der Waals surface area contributed by atoms with Gasteiger partial charge >= 0.3 is 5.97 Å². The highest BCUT2D eigenvalue weighted by Crippen LogP contribution is 2.73. The molecule has 11 atom stereocenters. The summed E-state index contributed by atoms with van der Waals surface area (Å²) in [7, 11) is 1.57. The van der Waals surface area contributed by atoms with E-state index in [1.165, 1.54) is 24.8 Å². The fourth-order valence-corrected chi connectivity index (χ4v) is 11.5. The Morgan fingerprint density at radius 3 is 2.24 bits per heavy atom. The summed E-state index contributed by atoms with van der Waals surface area (Å²) < 4.78 is 5.45. The number of aliphatic hydroxyl groups excluding tert-OH is 2. The van der Waals surface area contributed by atoms with Crippen LogP contribution in [0.3, 0.4) is 0 Å². The Morgan fingerprint density at radius 2 is 1.59 bits per heavy atom. The van der Waals surface area contributed by atoms with Gasteiger partial charge < -0.3 is 14.9 Å². The summed E-state index contributed by atoms with van der Waals surface area (Å²) in [5.41, 5.74) is 0.910. The molecule has 4 heteroatoms. The van der Waals surface area contributed by atoms with Crippen molar-refractivity contribution >= 4 is 5.97 Å². The lowest BCUT2D eigenvalue weighted by Crippen LogP contribution is -2.66. The van der Waals surface area contributed by atoms with Crippen molar-refractivity contribution in [2.45, 2.75) is 105 Å². The molecule has 0 aromatic heterocycles. The molecule has 34 heavy (non-hydrogen) atoms. The highest BCUT2D eigenvalue weighted by molar-refractivity contribution is 5.78. The van der Waals surface area contributed by atoms with E-state index >= 15 is 0 Å². The lowest BCUT2D eigenvalue weighted by atomic mass is 9.36. The minimum Gasteiger partial charge on any atom is -0.469 e. The number of rotatable bonds is 2. The number of fused-ring (bicyclic) bond motifs is 7. The van der Waals surface area contributed by atoms with Crippen molar-refractivity contribution in [1.29, 1.82) is 0 Å². The van der Waals surface area contributed by atoms with E-state index in [-0.39, 0.29) is 27.6 Å². The molecule has 0 heterocycles. The number of esters is 1. The van der Waals surface area contributed by atoms with Crippen LogP contribution in [0.4, 0.5) is 0 Å². The van der Waals surface area contributed by atoms with Crippen LogP contribution in [0.5, 0.6) is 0 Å². The molecule has 0 aromatic carbocycles. The van der Waals surface area contributed by atoms with E-state index < -0.39 is 12.2 Å². The molecule has 5 aliphatic rings. The Hall–Kier alpha value is -0.870. The maximum absolute atomic E-state index is 13.2. The first-order valence-corrected chi connectivity index (χ1v) is 13.9. The van der Waals surface area contributed by atoms with E-state index in [9.17, 15) is 15.0 Å². The molecule has 0 bridgehead atoms. The van der Waals surface area contributed by atoms with E-state index in [1.54, 1.807) is 7.11 Å². The van der Waals surface area contributed by atoms with Gasteiger partial charge in [-0.3, -0.25) is 4.79 Å². The molecule has 192 valence electrons. The van der Waals surface area contributed by atoms with Gasteiger partial charge in [0.25, 0.3) is 0 Å². The summed E-state index contributed by atoms with van der Waals surface area (Å²) >= 11 is 0. The lowest BCUT2D eigenvalue weighted by molar-refractivity contribution is -0.240. The van der Waals surface area contributed by atoms with Crippen molar-refractivity contribution in [3.63, 3.8) is 0 Å². The number of ether oxygens (including phenoxy) is 1. The van der Waals surface area contributed by atoms with Crippen LogP contribution >= 0.6 is 0 Å². The van der Waals surface area contributed by atoms with Gasteiger partial charge in [-0.2, -0.15) is 0 Å².